The van der Waals surface area contributed by atoms with Crippen LogP contribution in [0.3, 0.4) is 0 Å². The Kier molecular flexibility index (Phi) is 8.16. The highest BCUT2D eigenvalue weighted by Crippen LogP contribution is 2.32. The fraction of sp³-hybridized carbons (Fsp3) is 0.560. The van der Waals surface area contributed by atoms with Crippen molar-refractivity contribution in [3.05, 3.63) is 53.4 Å². The molecule has 1 aromatic heterocycles. The second-order valence-electron chi connectivity index (χ2n) is 10.7. The number of nitrogens with one attached hydrogen (secondary N) is 2. The molecule has 192 valence electrons. The van der Waals surface area contributed by atoms with Crippen LogP contribution in [0.2, 0.25) is 0 Å². The Bertz CT molecular complexity index is 1070. The van der Waals surface area contributed by atoms with Gasteiger partial charge < -0.3 is 14.8 Å². The van der Waals surface area contributed by atoms with Gasteiger partial charge in [-0.05, 0) is 64.8 Å². The SMILES string of the molecule is C[C@H](c1cnc(C2CNCCN2C(=O)OC(C)(C)C)nc1)c1ccc(F)cc1NS(=O)C(C)(C)C. The van der Waals surface area contributed by atoms with Crippen molar-refractivity contribution in [1.82, 2.24) is 20.2 Å². The summed E-state index contributed by atoms with van der Waals surface area (Å²) in [6, 6.07) is 4.08. The van der Waals surface area contributed by atoms with Crippen LogP contribution in [-0.2, 0) is 15.7 Å². The lowest BCUT2D eigenvalue weighted by atomic mass is 9.94. The summed E-state index contributed by atoms with van der Waals surface area (Å²) in [5, 5.41) is 3.29. The van der Waals surface area contributed by atoms with Gasteiger partial charge in [0.2, 0.25) is 0 Å². The van der Waals surface area contributed by atoms with Gasteiger partial charge in [-0.25, -0.2) is 23.4 Å². The normalized spacial score (nSPS) is 18.6. The number of carbonyl (C=O) groups excluding carboxylic acids is 1. The summed E-state index contributed by atoms with van der Waals surface area (Å²) in [5.41, 5.74) is 1.49. The summed E-state index contributed by atoms with van der Waals surface area (Å²) in [7, 11) is -1.41. The predicted molar refractivity (Wildman–Crippen MR) is 136 cm³/mol. The van der Waals surface area contributed by atoms with Crippen LogP contribution < -0.4 is 10.0 Å². The summed E-state index contributed by atoms with van der Waals surface area (Å²) >= 11 is 0. The molecular weight excluding hydrogens is 469 g/mol. The van der Waals surface area contributed by atoms with Gasteiger partial charge in [0, 0.05) is 37.9 Å². The fourth-order valence-electron chi connectivity index (χ4n) is 3.64. The summed E-state index contributed by atoms with van der Waals surface area (Å²) in [6.45, 7) is 14.7. The molecule has 3 atom stereocenters. The first-order chi connectivity index (χ1) is 16.3. The molecule has 2 unspecified atom stereocenters. The van der Waals surface area contributed by atoms with E-state index in [4.69, 9.17) is 4.74 Å². The maximum Gasteiger partial charge on any atom is 0.411 e. The highest BCUT2D eigenvalue weighted by molar-refractivity contribution is 7.87. The minimum absolute atomic E-state index is 0.185. The number of nitrogens with zero attached hydrogens (tertiary/aromatic N) is 3. The van der Waals surface area contributed by atoms with Gasteiger partial charge in [-0.2, -0.15) is 0 Å². The Morgan fingerprint density at radius 2 is 1.89 bits per heavy atom. The molecule has 35 heavy (non-hydrogen) atoms. The van der Waals surface area contributed by atoms with E-state index in [2.05, 4.69) is 20.0 Å². The van der Waals surface area contributed by atoms with E-state index >= 15 is 0 Å². The van der Waals surface area contributed by atoms with Crippen LogP contribution in [0.15, 0.2) is 30.6 Å². The van der Waals surface area contributed by atoms with E-state index in [-0.39, 0.29) is 18.1 Å². The molecule has 0 radical (unpaired) electrons. The fourth-order valence-corrected chi connectivity index (χ4v) is 4.33. The van der Waals surface area contributed by atoms with Gasteiger partial charge in [-0.1, -0.05) is 13.0 Å². The maximum atomic E-state index is 14.0. The van der Waals surface area contributed by atoms with Crippen LogP contribution in [0.1, 0.15) is 77.4 Å². The smallest absolute Gasteiger partial charge is 0.411 e. The van der Waals surface area contributed by atoms with E-state index in [1.807, 2.05) is 48.5 Å². The first-order valence-corrected chi connectivity index (χ1v) is 12.9. The van der Waals surface area contributed by atoms with E-state index in [9.17, 15) is 13.4 Å². The molecule has 3 rings (SSSR count). The second kappa shape index (κ2) is 10.6. The molecule has 0 bridgehead atoms. The molecule has 1 aromatic carbocycles. The van der Waals surface area contributed by atoms with Crippen LogP contribution in [0, 0.1) is 5.82 Å². The molecule has 0 spiro atoms. The number of benzene rings is 1. The highest BCUT2D eigenvalue weighted by Gasteiger charge is 2.33. The number of ether oxygens (including phenoxy) is 1. The number of carbonyl (C=O) groups is 1. The molecule has 1 amide bonds. The molecule has 2 aromatic rings. The third-order valence-electron chi connectivity index (χ3n) is 5.60. The average Bonchev–Trinajstić information content (AvgIpc) is 2.77. The van der Waals surface area contributed by atoms with Gasteiger partial charge in [-0.3, -0.25) is 4.90 Å². The third-order valence-corrected chi connectivity index (χ3v) is 7.12. The Hall–Kier alpha value is -2.59. The Balaban J connectivity index is 1.83. The molecule has 10 heteroatoms. The Morgan fingerprint density at radius 1 is 1.23 bits per heavy atom. The standard InChI is InChI=1S/C25H36FN5O3S/c1-16(19-9-8-18(26)12-20(19)30-35(33)25(5,6)7)17-13-28-22(29-14-17)21-15-27-10-11-31(21)23(32)34-24(2,3)4/h8-9,12-14,16,21,27,30H,10-11,15H2,1-7H3/t16-,21?,35?/m1/s1. The maximum absolute atomic E-state index is 14.0. The molecule has 1 aliphatic heterocycles. The van der Waals surface area contributed by atoms with Crippen molar-refractivity contribution in [3.63, 3.8) is 0 Å². The zero-order valence-electron chi connectivity index (χ0n) is 21.5. The summed E-state index contributed by atoms with van der Waals surface area (Å²) in [6.07, 6.45) is 3.06. The molecule has 0 aliphatic carbocycles. The minimum Gasteiger partial charge on any atom is -0.444 e. The third kappa shape index (κ3) is 6.98. The number of piperazine rings is 1. The number of amides is 1. The molecular formula is C25H36FN5O3S. The summed E-state index contributed by atoms with van der Waals surface area (Å²) in [4.78, 5) is 23.5. The number of halogens is 1. The lowest BCUT2D eigenvalue weighted by Crippen LogP contribution is -2.50. The van der Waals surface area contributed by atoms with E-state index in [1.165, 1.54) is 12.1 Å². The van der Waals surface area contributed by atoms with Crippen molar-refractivity contribution in [2.45, 2.75) is 70.8 Å². The van der Waals surface area contributed by atoms with Gasteiger partial charge in [0.25, 0.3) is 0 Å². The summed E-state index contributed by atoms with van der Waals surface area (Å²) < 4.78 is 34.7. The lowest BCUT2D eigenvalue weighted by molar-refractivity contribution is 0.0108. The van der Waals surface area contributed by atoms with Gasteiger partial charge >= 0.3 is 6.09 Å². The zero-order chi connectivity index (χ0) is 26.0. The van der Waals surface area contributed by atoms with Gasteiger partial charge in [0.1, 0.15) is 28.4 Å². The quantitative estimate of drug-likeness (QED) is 0.620. The molecule has 0 saturated carbocycles. The Labute approximate surface area is 209 Å². The summed E-state index contributed by atoms with van der Waals surface area (Å²) in [5.74, 6) is -0.0751. The number of rotatable bonds is 5. The molecule has 1 fully saturated rings. The van der Waals surface area contributed by atoms with Gasteiger partial charge in [0.05, 0.1) is 10.4 Å². The second-order valence-corrected chi connectivity index (χ2v) is 12.7. The number of aromatic nitrogens is 2. The number of hydrogen-bond donors (Lipinski definition) is 2. The minimum atomic E-state index is -1.41. The lowest BCUT2D eigenvalue weighted by Gasteiger charge is -2.36. The zero-order valence-corrected chi connectivity index (χ0v) is 22.3. The van der Waals surface area contributed by atoms with Crippen molar-refractivity contribution in [2.75, 3.05) is 24.4 Å². The van der Waals surface area contributed by atoms with Crippen molar-refractivity contribution >= 4 is 22.8 Å². The predicted octanol–water partition coefficient (Wildman–Crippen LogP) is 4.52. The van der Waals surface area contributed by atoms with E-state index in [0.29, 0.717) is 31.1 Å². The van der Waals surface area contributed by atoms with Crippen LogP contribution in [0.5, 0.6) is 0 Å². The van der Waals surface area contributed by atoms with E-state index < -0.39 is 27.2 Å². The van der Waals surface area contributed by atoms with E-state index in [1.54, 1.807) is 23.4 Å². The molecule has 1 saturated heterocycles. The largest absolute Gasteiger partial charge is 0.444 e. The van der Waals surface area contributed by atoms with E-state index in [0.717, 1.165) is 11.1 Å². The van der Waals surface area contributed by atoms with Crippen molar-refractivity contribution in [1.29, 1.82) is 0 Å². The molecule has 8 nitrogen and oxygen atoms in total. The Morgan fingerprint density at radius 3 is 2.49 bits per heavy atom. The number of anilines is 1. The van der Waals surface area contributed by atoms with Crippen LogP contribution in [-0.4, -0.2) is 55.2 Å². The van der Waals surface area contributed by atoms with Crippen molar-refractivity contribution in [2.24, 2.45) is 0 Å². The molecule has 2 N–H and O–H groups in total. The first-order valence-electron chi connectivity index (χ1n) is 11.8. The average molecular weight is 506 g/mol. The van der Waals surface area contributed by atoms with Gasteiger partial charge in [0.15, 0.2) is 5.82 Å². The first kappa shape index (κ1) is 27.0. The monoisotopic (exact) mass is 505 g/mol. The number of hydrogen-bond acceptors (Lipinski definition) is 6. The molecule has 2 heterocycles. The van der Waals surface area contributed by atoms with Crippen molar-refractivity contribution in [3.8, 4) is 0 Å². The van der Waals surface area contributed by atoms with Gasteiger partial charge in [-0.15, -0.1) is 0 Å². The topological polar surface area (TPSA) is 96.5 Å². The van der Waals surface area contributed by atoms with Crippen LogP contribution in [0.25, 0.3) is 0 Å². The van der Waals surface area contributed by atoms with Crippen LogP contribution >= 0.6 is 0 Å². The highest BCUT2D eigenvalue weighted by atomic mass is 32.2. The van der Waals surface area contributed by atoms with Crippen molar-refractivity contribution < 1.29 is 18.1 Å². The van der Waals surface area contributed by atoms with Crippen LogP contribution in [0.4, 0.5) is 14.9 Å². The molecule has 1 aliphatic rings.